The third-order valence-corrected chi connectivity index (χ3v) is 2.89. The maximum atomic E-state index is 6.00. The van der Waals surface area contributed by atoms with Gasteiger partial charge in [0.25, 0.3) is 0 Å². The quantitative estimate of drug-likeness (QED) is 0.800. The Bertz CT molecular complexity index is 329. The van der Waals surface area contributed by atoms with Gasteiger partial charge < -0.3 is 10.1 Å². The van der Waals surface area contributed by atoms with E-state index in [1.54, 1.807) is 0 Å². The minimum absolute atomic E-state index is 0.347. The Labute approximate surface area is 91.6 Å². The third kappa shape index (κ3) is 2.72. The van der Waals surface area contributed by atoms with Crippen LogP contribution in [-0.4, -0.2) is 19.2 Å². The first-order valence-corrected chi connectivity index (χ1v) is 5.70. The molecule has 0 bridgehead atoms. The van der Waals surface area contributed by atoms with Crippen LogP contribution in [0, 0.1) is 13.8 Å². The summed E-state index contributed by atoms with van der Waals surface area (Å²) in [4.78, 5) is 0. The average molecular weight is 205 g/mol. The van der Waals surface area contributed by atoms with Gasteiger partial charge in [-0.3, -0.25) is 0 Å². The summed E-state index contributed by atoms with van der Waals surface area (Å²) in [7, 11) is 0. The molecule has 1 aliphatic heterocycles. The van der Waals surface area contributed by atoms with Gasteiger partial charge in [0.05, 0.1) is 0 Å². The van der Waals surface area contributed by atoms with E-state index in [1.165, 1.54) is 24.0 Å². The van der Waals surface area contributed by atoms with Crippen LogP contribution in [-0.2, 0) is 0 Å². The Hall–Kier alpha value is -1.02. The minimum atomic E-state index is 0.347. The van der Waals surface area contributed by atoms with E-state index in [9.17, 15) is 0 Å². The molecule has 1 atom stereocenters. The van der Waals surface area contributed by atoms with Gasteiger partial charge in [-0.15, -0.1) is 0 Å². The lowest BCUT2D eigenvalue weighted by Gasteiger charge is -2.24. The number of rotatable bonds is 2. The highest BCUT2D eigenvalue weighted by atomic mass is 16.5. The first kappa shape index (κ1) is 10.5. The monoisotopic (exact) mass is 205 g/mol. The number of nitrogens with one attached hydrogen (secondary N) is 1. The summed E-state index contributed by atoms with van der Waals surface area (Å²) in [6.45, 7) is 6.32. The molecule has 1 fully saturated rings. The predicted molar refractivity (Wildman–Crippen MR) is 62.4 cm³/mol. The van der Waals surface area contributed by atoms with Crippen molar-refractivity contribution in [2.45, 2.75) is 32.8 Å². The van der Waals surface area contributed by atoms with Crippen LogP contribution >= 0.6 is 0 Å². The van der Waals surface area contributed by atoms with Crippen molar-refractivity contribution < 1.29 is 4.74 Å². The molecule has 1 heterocycles. The Morgan fingerprint density at radius 3 is 2.93 bits per heavy atom. The Balaban J connectivity index is 2.05. The molecule has 1 aromatic rings. The number of aryl methyl sites for hydroxylation is 2. The van der Waals surface area contributed by atoms with Crippen LogP contribution in [0.4, 0.5) is 0 Å². The molecule has 1 aromatic carbocycles. The lowest BCUT2D eigenvalue weighted by Crippen LogP contribution is -2.37. The fourth-order valence-electron chi connectivity index (χ4n) is 1.93. The van der Waals surface area contributed by atoms with Crippen molar-refractivity contribution in [3.8, 4) is 5.75 Å². The van der Waals surface area contributed by atoms with Crippen LogP contribution in [0.2, 0.25) is 0 Å². The van der Waals surface area contributed by atoms with E-state index in [1.807, 2.05) is 0 Å². The van der Waals surface area contributed by atoms with E-state index in [4.69, 9.17) is 4.74 Å². The molecule has 0 unspecified atom stereocenters. The normalized spacial score (nSPS) is 21.3. The predicted octanol–water partition coefficient (Wildman–Crippen LogP) is 2.43. The Morgan fingerprint density at radius 1 is 1.33 bits per heavy atom. The van der Waals surface area contributed by atoms with Crippen LogP contribution in [0.25, 0.3) is 0 Å². The highest BCUT2D eigenvalue weighted by Crippen LogP contribution is 2.22. The van der Waals surface area contributed by atoms with Crippen molar-refractivity contribution in [2.75, 3.05) is 13.1 Å². The van der Waals surface area contributed by atoms with Crippen LogP contribution in [0.3, 0.4) is 0 Å². The summed E-state index contributed by atoms with van der Waals surface area (Å²) in [5.41, 5.74) is 2.49. The largest absolute Gasteiger partial charge is 0.489 e. The van der Waals surface area contributed by atoms with Crippen LogP contribution in [0.15, 0.2) is 18.2 Å². The van der Waals surface area contributed by atoms with Gasteiger partial charge in [0.15, 0.2) is 0 Å². The lowest BCUT2D eigenvalue weighted by molar-refractivity contribution is 0.166. The summed E-state index contributed by atoms with van der Waals surface area (Å²) in [5.74, 6) is 1.05. The second kappa shape index (κ2) is 4.67. The van der Waals surface area contributed by atoms with Gasteiger partial charge in [0.2, 0.25) is 0 Å². The summed E-state index contributed by atoms with van der Waals surface area (Å²) in [6, 6.07) is 6.38. The highest BCUT2D eigenvalue weighted by molar-refractivity contribution is 5.36. The highest BCUT2D eigenvalue weighted by Gasteiger charge is 2.15. The van der Waals surface area contributed by atoms with Gasteiger partial charge >= 0.3 is 0 Å². The molecule has 0 aromatic heterocycles. The lowest BCUT2D eigenvalue weighted by atomic mass is 10.1. The van der Waals surface area contributed by atoms with Crippen LogP contribution in [0.1, 0.15) is 24.0 Å². The molecule has 0 saturated carbocycles. The fourth-order valence-corrected chi connectivity index (χ4v) is 1.93. The van der Waals surface area contributed by atoms with Crippen molar-refractivity contribution in [3.05, 3.63) is 29.3 Å². The molecule has 0 amide bonds. The summed E-state index contributed by atoms with van der Waals surface area (Å²) in [6.07, 6.45) is 2.73. The van der Waals surface area contributed by atoms with E-state index in [0.29, 0.717) is 6.10 Å². The molecule has 1 N–H and O–H groups in total. The van der Waals surface area contributed by atoms with Gasteiger partial charge in [-0.05, 0) is 50.4 Å². The third-order valence-electron chi connectivity index (χ3n) is 2.89. The van der Waals surface area contributed by atoms with Crippen LogP contribution in [0.5, 0.6) is 5.75 Å². The van der Waals surface area contributed by atoms with Crippen LogP contribution < -0.4 is 10.1 Å². The molecule has 2 nitrogen and oxygen atoms in total. The molecule has 1 saturated heterocycles. The van der Waals surface area contributed by atoms with E-state index in [2.05, 4.69) is 37.4 Å². The number of ether oxygens (including phenoxy) is 1. The molecule has 0 aliphatic carbocycles. The van der Waals surface area contributed by atoms with Crippen molar-refractivity contribution in [2.24, 2.45) is 0 Å². The maximum absolute atomic E-state index is 6.00. The van der Waals surface area contributed by atoms with Crippen molar-refractivity contribution in [1.82, 2.24) is 5.32 Å². The topological polar surface area (TPSA) is 21.3 Å². The summed E-state index contributed by atoms with van der Waals surface area (Å²) < 4.78 is 6.00. The molecule has 82 valence electrons. The second-order valence-corrected chi connectivity index (χ2v) is 4.36. The van der Waals surface area contributed by atoms with Crippen molar-refractivity contribution >= 4 is 0 Å². The molecule has 15 heavy (non-hydrogen) atoms. The van der Waals surface area contributed by atoms with Gasteiger partial charge in [0, 0.05) is 6.54 Å². The number of hydrogen-bond donors (Lipinski definition) is 1. The number of piperidine rings is 1. The molecule has 1 aliphatic rings. The van der Waals surface area contributed by atoms with Crippen molar-refractivity contribution in [3.63, 3.8) is 0 Å². The zero-order valence-electron chi connectivity index (χ0n) is 9.55. The first-order valence-electron chi connectivity index (χ1n) is 5.70. The zero-order valence-corrected chi connectivity index (χ0v) is 9.55. The van der Waals surface area contributed by atoms with Gasteiger partial charge in [-0.2, -0.15) is 0 Å². The standard InChI is InChI=1S/C13H19NO/c1-10-5-6-11(2)13(8-10)15-12-4-3-7-14-9-12/h5-6,8,12,14H,3-4,7,9H2,1-2H3/t12-/m1/s1. The van der Waals surface area contributed by atoms with Crippen molar-refractivity contribution in [1.29, 1.82) is 0 Å². The molecule has 0 spiro atoms. The average Bonchev–Trinajstić information content (AvgIpc) is 2.25. The second-order valence-electron chi connectivity index (χ2n) is 4.36. The van der Waals surface area contributed by atoms with E-state index >= 15 is 0 Å². The maximum Gasteiger partial charge on any atom is 0.122 e. The van der Waals surface area contributed by atoms with E-state index in [-0.39, 0.29) is 0 Å². The summed E-state index contributed by atoms with van der Waals surface area (Å²) in [5, 5.41) is 3.36. The number of benzene rings is 1. The van der Waals surface area contributed by atoms with E-state index in [0.717, 1.165) is 18.8 Å². The van der Waals surface area contributed by atoms with Gasteiger partial charge in [0.1, 0.15) is 11.9 Å². The van der Waals surface area contributed by atoms with E-state index < -0.39 is 0 Å². The summed E-state index contributed by atoms with van der Waals surface area (Å²) >= 11 is 0. The Morgan fingerprint density at radius 2 is 2.20 bits per heavy atom. The zero-order chi connectivity index (χ0) is 10.7. The Kier molecular flexibility index (Phi) is 3.27. The first-order chi connectivity index (χ1) is 7.25. The number of hydrogen-bond acceptors (Lipinski definition) is 2. The SMILES string of the molecule is Cc1ccc(C)c(O[C@@H]2CCCNC2)c1. The molecular weight excluding hydrogens is 186 g/mol. The molecule has 2 rings (SSSR count). The smallest absolute Gasteiger partial charge is 0.122 e. The van der Waals surface area contributed by atoms with Gasteiger partial charge in [-0.25, -0.2) is 0 Å². The fraction of sp³-hybridized carbons (Fsp3) is 0.538. The molecule has 2 heteroatoms. The minimum Gasteiger partial charge on any atom is -0.489 e. The van der Waals surface area contributed by atoms with Gasteiger partial charge in [-0.1, -0.05) is 12.1 Å². The molecular formula is C13H19NO. The molecule has 0 radical (unpaired) electrons.